The van der Waals surface area contributed by atoms with Gasteiger partial charge in [-0.1, -0.05) is 12.1 Å². The average Bonchev–Trinajstić information content (AvgIpc) is 3.09. The lowest BCUT2D eigenvalue weighted by Crippen LogP contribution is -2.64. The molecule has 4 saturated carbocycles. The van der Waals surface area contributed by atoms with Crippen molar-refractivity contribution in [2.75, 3.05) is 32.7 Å². The molecule has 6 aliphatic rings. The number of rotatable bonds is 4. The fraction of sp³-hybridized carbons (Fsp3) is 0.905. The minimum absolute atomic E-state index is 0.250. The fourth-order valence-corrected chi connectivity index (χ4v) is 6.94. The van der Waals surface area contributed by atoms with Crippen molar-refractivity contribution in [2.45, 2.75) is 69.9 Å². The number of hydrogen-bond donors (Lipinski definition) is 1. The molecule has 152 valence electrons. The zero-order valence-corrected chi connectivity index (χ0v) is 16.7. The van der Waals surface area contributed by atoms with Gasteiger partial charge in [0.25, 0.3) is 6.47 Å². The number of hydrogen-bond acceptors (Lipinski definition) is 5. The van der Waals surface area contributed by atoms with Gasteiger partial charge in [0.2, 0.25) is 0 Å². The Hall–Kier alpha value is -1.14. The Labute approximate surface area is 162 Å². The molecule has 0 spiro atoms. The molecule has 2 heterocycles. The average molecular weight is 378 g/mol. The minimum Gasteiger partial charge on any atom is -0.483 e. The lowest BCUT2D eigenvalue weighted by Gasteiger charge is -2.61. The molecule has 4 aliphatic carbocycles. The summed E-state index contributed by atoms with van der Waals surface area (Å²) in [7, 11) is 0. The first-order chi connectivity index (χ1) is 13.1. The van der Waals surface area contributed by atoms with E-state index in [-0.39, 0.29) is 6.47 Å². The molecule has 5 fully saturated rings. The topological polar surface area (TPSA) is 65.4 Å². The molecule has 1 atom stereocenters. The van der Waals surface area contributed by atoms with Crippen LogP contribution in [0.15, 0.2) is 5.16 Å². The smallest absolute Gasteiger partial charge is 0.290 e. The van der Waals surface area contributed by atoms with Crippen LogP contribution in [-0.2, 0) is 9.63 Å². The summed E-state index contributed by atoms with van der Waals surface area (Å²) in [6, 6.07) is 0. The second-order valence-corrected chi connectivity index (χ2v) is 9.48. The van der Waals surface area contributed by atoms with E-state index in [0.717, 1.165) is 37.1 Å². The maximum Gasteiger partial charge on any atom is 0.290 e. The third-order valence-electron chi connectivity index (χ3n) is 7.71. The van der Waals surface area contributed by atoms with Gasteiger partial charge in [-0.3, -0.25) is 14.6 Å². The van der Waals surface area contributed by atoms with Crippen LogP contribution in [0.1, 0.15) is 58.3 Å². The third-order valence-corrected chi connectivity index (χ3v) is 7.71. The van der Waals surface area contributed by atoms with E-state index in [1.807, 2.05) is 0 Å². The first-order valence-corrected chi connectivity index (χ1v) is 10.9. The summed E-state index contributed by atoms with van der Waals surface area (Å²) in [4.78, 5) is 19.5. The Kier molecular flexibility index (Phi) is 5.74. The van der Waals surface area contributed by atoms with E-state index in [4.69, 9.17) is 14.7 Å². The largest absolute Gasteiger partial charge is 0.483 e. The van der Waals surface area contributed by atoms with Gasteiger partial charge in [0, 0.05) is 44.7 Å². The van der Waals surface area contributed by atoms with E-state index >= 15 is 0 Å². The molecule has 0 aromatic heterocycles. The van der Waals surface area contributed by atoms with Crippen LogP contribution in [0, 0.1) is 17.8 Å². The van der Waals surface area contributed by atoms with E-state index in [0.29, 0.717) is 11.6 Å². The van der Waals surface area contributed by atoms with Crippen molar-refractivity contribution in [1.29, 1.82) is 0 Å². The Morgan fingerprint density at radius 2 is 1.67 bits per heavy atom. The predicted molar refractivity (Wildman–Crippen MR) is 105 cm³/mol. The molecular weight excluding hydrogens is 342 g/mol. The quantitative estimate of drug-likeness (QED) is 0.763. The highest BCUT2D eigenvalue weighted by molar-refractivity contribution is 5.85. The van der Waals surface area contributed by atoms with Crippen LogP contribution in [0.5, 0.6) is 0 Å². The molecule has 6 heteroatoms. The van der Waals surface area contributed by atoms with Crippen LogP contribution in [0.25, 0.3) is 0 Å². The highest BCUT2D eigenvalue weighted by atomic mass is 16.6. The van der Waals surface area contributed by atoms with Crippen LogP contribution < -0.4 is 0 Å². The molecule has 6 nitrogen and oxygen atoms in total. The van der Waals surface area contributed by atoms with Crippen molar-refractivity contribution in [2.24, 2.45) is 22.9 Å². The van der Waals surface area contributed by atoms with E-state index in [1.165, 1.54) is 51.2 Å². The van der Waals surface area contributed by atoms with Crippen LogP contribution >= 0.6 is 0 Å². The fourth-order valence-electron chi connectivity index (χ4n) is 6.94. The first-order valence-electron chi connectivity index (χ1n) is 10.9. The maximum absolute atomic E-state index is 8.36. The number of oxime groups is 1. The Morgan fingerprint density at radius 1 is 1.11 bits per heavy atom. The van der Waals surface area contributed by atoms with Gasteiger partial charge < -0.3 is 9.94 Å². The Bertz CT molecular complexity index is 522. The summed E-state index contributed by atoms with van der Waals surface area (Å²) in [5, 5.41) is 11.1. The number of piperazine rings is 1. The van der Waals surface area contributed by atoms with Gasteiger partial charge in [-0.05, 0) is 62.7 Å². The van der Waals surface area contributed by atoms with Crippen molar-refractivity contribution < 1.29 is 14.7 Å². The summed E-state index contributed by atoms with van der Waals surface area (Å²) < 4.78 is 0. The van der Waals surface area contributed by atoms with Crippen molar-refractivity contribution in [3.8, 4) is 0 Å². The monoisotopic (exact) mass is 377 g/mol. The Morgan fingerprint density at radius 3 is 2.15 bits per heavy atom. The molecule has 0 radical (unpaired) electrons. The summed E-state index contributed by atoms with van der Waals surface area (Å²) >= 11 is 0. The second-order valence-electron chi connectivity index (χ2n) is 9.48. The number of nitrogens with zero attached hydrogens (tertiary/aromatic N) is 3. The predicted octanol–water partition coefficient (Wildman–Crippen LogP) is 2.83. The van der Waals surface area contributed by atoms with Gasteiger partial charge >= 0.3 is 0 Å². The van der Waals surface area contributed by atoms with E-state index < -0.39 is 0 Å². The molecule has 2 aliphatic heterocycles. The van der Waals surface area contributed by atoms with Crippen LogP contribution in [0.3, 0.4) is 0 Å². The molecule has 0 amide bonds. The minimum atomic E-state index is -0.250. The van der Waals surface area contributed by atoms with Gasteiger partial charge in [-0.15, -0.1) is 0 Å². The highest BCUT2D eigenvalue weighted by Crippen LogP contribution is 2.57. The van der Waals surface area contributed by atoms with Crippen molar-refractivity contribution >= 4 is 12.2 Å². The molecule has 4 bridgehead atoms. The molecule has 1 unspecified atom stereocenters. The van der Waals surface area contributed by atoms with E-state index in [2.05, 4.69) is 21.9 Å². The molecular formula is C21H35N3O3. The molecule has 27 heavy (non-hydrogen) atoms. The highest BCUT2D eigenvalue weighted by Gasteiger charge is 2.53. The molecule has 0 aromatic rings. The Balaban J connectivity index is 0.000000565. The SMILES string of the molecule is CCC1=NOC(CN2CCN(C34CC5CC(CC(C5)C3)C4)CC2)C1.O=CO. The van der Waals surface area contributed by atoms with Crippen LogP contribution in [0.4, 0.5) is 0 Å². The molecule has 1 saturated heterocycles. The third kappa shape index (κ3) is 4.02. The summed E-state index contributed by atoms with van der Waals surface area (Å²) in [5.74, 6) is 3.18. The van der Waals surface area contributed by atoms with Gasteiger partial charge in [-0.25, -0.2) is 0 Å². The maximum atomic E-state index is 8.36. The normalized spacial score (nSPS) is 40.9. The van der Waals surface area contributed by atoms with Crippen molar-refractivity contribution in [3.63, 3.8) is 0 Å². The molecule has 6 rings (SSSR count). The lowest BCUT2D eigenvalue weighted by molar-refractivity contribution is -0.122. The van der Waals surface area contributed by atoms with Crippen LogP contribution in [-0.4, -0.2) is 71.5 Å². The van der Waals surface area contributed by atoms with Gasteiger partial charge in [0.15, 0.2) is 0 Å². The van der Waals surface area contributed by atoms with Crippen molar-refractivity contribution in [3.05, 3.63) is 0 Å². The van der Waals surface area contributed by atoms with Gasteiger partial charge in [0.1, 0.15) is 6.10 Å². The van der Waals surface area contributed by atoms with Gasteiger partial charge in [0.05, 0.1) is 5.71 Å². The second kappa shape index (κ2) is 8.08. The van der Waals surface area contributed by atoms with Crippen molar-refractivity contribution in [1.82, 2.24) is 9.80 Å². The van der Waals surface area contributed by atoms with E-state index in [9.17, 15) is 0 Å². The molecule has 0 aromatic carbocycles. The number of carboxylic acid groups (broad SMARTS) is 1. The molecule has 1 N–H and O–H groups in total. The number of carbonyl (C=O) groups is 1. The standard InChI is InChI=1S/C20H33N3O.CH2O2/c1-2-18-10-19(24-21-18)14-22-3-5-23(6-4-22)20-11-15-7-16(12-20)9-17(8-15)13-20;2-1-3/h15-17,19H,2-14H2,1H3;1H,(H,2,3). The van der Waals surface area contributed by atoms with E-state index in [1.54, 1.807) is 19.3 Å². The first kappa shape index (κ1) is 19.2. The zero-order valence-electron chi connectivity index (χ0n) is 16.7. The summed E-state index contributed by atoms with van der Waals surface area (Å²) in [6.45, 7) is 8.00. The van der Waals surface area contributed by atoms with Gasteiger partial charge in [-0.2, -0.15) is 0 Å². The van der Waals surface area contributed by atoms with Crippen LogP contribution in [0.2, 0.25) is 0 Å². The zero-order chi connectivity index (χ0) is 18.9. The summed E-state index contributed by atoms with van der Waals surface area (Å²) in [6.07, 6.45) is 11.6. The lowest BCUT2D eigenvalue weighted by atomic mass is 9.52. The summed E-state index contributed by atoms with van der Waals surface area (Å²) in [5.41, 5.74) is 1.84.